The Morgan fingerprint density at radius 3 is 2.90 bits per heavy atom. The molecule has 0 unspecified atom stereocenters. The topological polar surface area (TPSA) is 37.3 Å². The number of unbranched alkanes of at least 4 members (excludes halogenated alkanes) is 1. The third kappa shape index (κ3) is 7.56. The predicted molar refractivity (Wildman–Crippen MR) is 44.1 cm³/mol. The first kappa shape index (κ1) is 9.56. The van der Waals surface area contributed by atoms with Gasteiger partial charge >= 0.3 is 5.97 Å². The number of carboxylic acids is 1. The van der Waals surface area contributed by atoms with Crippen LogP contribution in [0.3, 0.4) is 0 Å². The monoisotopic (exact) mass is 160 g/mol. The largest absolute Gasteiger partial charge is 0.478 e. The first-order valence-electron chi connectivity index (χ1n) is 3.28. The van der Waals surface area contributed by atoms with Crippen molar-refractivity contribution in [3.05, 3.63) is 11.5 Å². The van der Waals surface area contributed by atoms with Gasteiger partial charge in [-0.2, -0.15) is 0 Å². The fourth-order valence-corrected chi connectivity index (χ4v) is 1.21. The predicted octanol–water partition coefficient (Wildman–Crippen LogP) is 2.12. The SMILES string of the molecule is CCCCSC=CC(=O)O. The van der Waals surface area contributed by atoms with E-state index >= 15 is 0 Å². The summed E-state index contributed by atoms with van der Waals surface area (Å²) in [7, 11) is 0. The van der Waals surface area contributed by atoms with Gasteiger partial charge in [0.15, 0.2) is 0 Å². The van der Waals surface area contributed by atoms with Crippen LogP contribution < -0.4 is 0 Å². The van der Waals surface area contributed by atoms with Gasteiger partial charge in [0.2, 0.25) is 0 Å². The van der Waals surface area contributed by atoms with E-state index in [1.165, 1.54) is 6.08 Å². The fraction of sp³-hybridized carbons (Fsp3) is 0.571. The van der Waals surface area contributed by atoms with Crippen LogP contribution >= 0.6 is 11.8 Å². The van der Waals surface area contributed by atoms with Crippen molar-refractivity contribution in [2.45, 2.75) is 19.8 Å². The minimum Gasteiger partial charge on any atom is -0.478 e. The van der Waals surface area contributed by atoms with Crippen molar-refractivity contribution in [1.29, 1.82) is 0 Å². The van der Waals surface area contributed by atoms with Crippen LogP contribution in [0.1, 0.15) is 19.8 Å². The summed E-state index contributed by atoms with van der Waals surface area (Å²) in [5, 5.41) is 9.79. The molecule has 0 aromatic heterocycles. The van der Waals surface area contributed by atoms with Gasteiger partial charge in [-0.25, -0.2) is 4.79 Å². The zero-order chi connectivity index (χ0) is 7.82. The molecule has 0 saturated heterocycles. The van der Waals surface area contributed by atoms with Crippen molar-refractivity contribution >= 4 is 17.7 Å². The molecule has 0 heterocycles. The molecule has 0 aliphatic heterocycles. The Morgan fingerprint density at radius 1 is 1.70 bits per heavy atom. The van der Waals surface area contributed by atoms with Crippen LogP contribution in [-0.2, 0) is 4.79 Å². The molecule has 0 saturated carbocycles. The maximum Gasteiger partial charge on any atom is 0.328 e. The van der Waals surface area contributed by atoms with E-state index in [2.05, 4.69) is 6.92 Å². The molecule has 0 aliphatic rings. The lowest BCUT2D eigenvalue weighted by Crippen LogP contribution is -1.84. The minimum absolute atomic E-state index is 0.871. The maximum atomic E-state index is 9.93. The normalized spacial score (nSPS) is 10.5. The van der Waals surface area contributed by atoms with Gasteiger partial charge in [0, 0.05) is 6.08 Å². The van der Waals surface area contributed by atoms with E-state index in [0.29, 0.717) is 0 Å². The van der Waals surface area contributed by atoms with E-state index in [9.17, 15) is 4.79 Å². The van der Waals surface area contributed by atoms with Crippen LogP contribution in [0, 0.1) is 0 Å². The summed E-state index contributed by atoms with van der Waals surface area (Å²) in [6.07, 6.45) is 3.48. The lowest BCUT2D eigenvalue weighted by molar-refractivity contribution is -0.131. The Kier molecular flexibility index (Phi) is 6.38. The van der Waals surface area contributed by atoms with Gasteiger partial charge in [-0.05, 0) is 17.6 Å². The standard InChI is InChI=1S/C7H12O2S/c1-2-3-5-10-6-4-7(8)9/h4,6H,2-3,5H2,1H3,(H,8,9). The summed E-state index contributed by atoms with van der Waals surface area (Å²) in [4.78, 5) is 9.93. The van der Waals surface area contributed by atoms with Crippen LogP contribution in [0.4, 0.5) is 0 Å². The Morgan fingerprint density at radius 2 is 2.40 bits per heavy atom. The molecule has 2 nitrogen and oxygen atoms in total. The average molecular weight is 160 g/mol. The van der Waals surface area contributed by atoms with Gasteiger partial charge < -0.3 is 5.11 Å². The molecule has 3 heteroatoms. The van der Waals surface area contributed by atoms with Gasteiger partial charge in [0.05, 0.1) is 0 Å². The second-order valence-electron chi connectivity index (χ2n) is 1.87. The average Bonchev–Trinajstić information content (AvgIpc) is 1.87. The summed E-state index contributed by atoms with van der Waals surface area (Å²) in [5.74, 6) is 0.143. The Balaban J connectivity index is 3.10. The van der Waals surface area contributed by atoms with Crippen LogP contribution in [0.5, 0.6) is 0 Å². The van der Waals surface area contributed by atoms with Crippen molar-refractivity contribution in [2.75, 3.05) is 5.75 Å². The Labute approximate surface area is 65.3 Å². The molecule has 10 heavy (non-hydrogen) atoms. The summed E-state index contributed by atoms with van der Waals surface area (Å²) in [6.45, 7) is 2.11. The zero-order valence-electron chi connectivity index (χ0n) is 6.04. The zero-order valence-corrected chi connectivity index (χ0v) is 6.86. The van der Waals surface area contributed by atoms with E-state index in [0.717, 1.165) is 18.6 Å². The van der Waals surface area contributed by atoms with E-state index in [4.69, 9.17) is 5.11 Å². The molecule has 0 fully saturated rings. The molecule has 1 N–H and O–H groups in total. The summed E-state index contributed by atoms with van der Waals surface area (Å²) < 4.78 is 0. The van der Waals surface area contributed by atoms with Gasteiger partial charge in [-0.15, -0.1) is 11.8 Å². The van der Waals surface area contributed by atoms with Gasteiger partial charge in [0.25, 0.3) is 0 Å². The van der Waals surface area contributed by atoms with Crippen molar-refractivity contribution < 1.29 is 9.90 Å². The molecule has 0 rings (SSSR count). The minimum atomic E-state index is -0.871. The third-order valence-electron chi connectivity index (χ3n) is 0.923. The lowest BCUT2D eigenvalue weighted by Gasteiger charge is -1.89. The number of carboxylic acid groups (broad SMARTS) is 1. The Bertz CT molecular complexity index is 121. The number of aliphatic carboxylic acids is 1. The van der Waals surface area contributed by atoms with Crippen LogP contribution in [0.15, 0.2) is 11.5 Å². The molecule has 0 radical (unpaired) electrons. The molecule has 0 amide bonds. The molecule has 0 spiro atoms. The highest BCUT2D eigenvalue weighted by atomic mass is 32.2. The molecule has 0 aromatic rings. The van der Waals surface area contributed by atoms with Crippen molar-refractivity contribution in [3.63, 3.8) is 0 Å². The molecule has 0 aromatic carbocycles. The molecular formula is C7H12O2S. The highest BCUT2D eigenvalue weighted by Gasteiger charge is 1.85. The first-order valence-corrected chi connectivity index (χ1v) is 4.33. The Hall–Kier alpha value is -0.440. The highest BCUT2D eigenvalue weighted by Crippen LogP contribution is 2.04. The van der Waals surface area contributed by atoms with Crippen LogP contribution in [0.2, 0.25) is 0 Å². The van der Waals surface area contributed by atoms with E-state index < -0.39 is 5.97 Å². The summed E-state index contributed by atoms with van der Waals surface area (Å²) in [6, 6.07) is 0. The van der Waals surface area contributed by atoms with Crippen LogP contribution in [0.25, 0.3) is 0 Å². The molecule has 0 bridgehead atoms. The van der Waals surface area contributed by atoms with E-state index in [1.54, 1.807) is 17.2 Å². The quantitative estimate of drug-likeness (QED) is 0.494. The number of thioether (sulfide) groups is 1. The fourth-order valence-electron chi connectivity index (χ4n) is 0.402. The number of rotatable bonds is 5. The second kappa shape index (κ2) is 6.68. The van der Waals surface area contributed by atoms with Gasteiger partial charge in [0.1, 0.15) is 0 Å². The van der Waals surface area contributed by atoms with Gasteiger partial charge in [-0.1, -0.05) is 13.3 Å². The maximum absolute atomic E-state index is 9.93. The second-order valence-corrected chi connectivity index (χ2v) is 2.88. The van der Waals surface area contributed by atoms with Crippen LogP contribution in [-0.4, -0.2) is 16.8 Å². The molecular weight excluding hydrogens is 148 g/mol. The van der Waals surface area contributed by atoms with Crippen molar-refractivity contribution in [3.8, 4) is 0 Å². The van der Waals surface area contributed by atoms with Crippen molar-refractivity contribution in [1.82, 2.24) is 0 Å². The van der Waals surface area contributed by atoms with Crippen molar-refractivity contribution in [2.24, 2.45) is 0 Å². The summed E-state index contributed by atoms with van der Waals surface area (Å²) in [5.41, 5.74) is 0. The van der Waals surface area contributed by atoms with Gasteiger partial charge in [-0.3, -0.25) is 0 Å². The number of hydrogen-bond donors (Lipinski definition) is 1. The van der Waals surface area contributed by atoms with E-state index in [1.807, 2.05) is 0 Å². The first-order chi connectivity index (χ1) is 4.77. The third-order valence-corrected chi connectivity index (χ3v) is 1.78. The molecule has 0 atom stereocenters. The number of hydrogen-bond acceptors (Lipinski definition) is 2. The summed E-state index contributed by atoms with van der Waals surface area (Å²) >= 11 is 1.54. The highest BCUT2D eigenvalue weighted by molar-refractivity contribution is 8.02. The van der Waals surface area contributed by atoms with E-state index in [-0.39, 0.29) is 0 Å². The molecule has 0 aliphatic carbocycles. The molecule has 58 valence electrons. The smallest absolute Gasteiger partial charge is 0.328 e. The lowest BCUT2D eigenvalue weighted by atomic mass is 10.4. The number of carbonyl (C=O) groups is 1.